The van der Waals surface area contributed by atoms with E-state index in [0.29, 0.717) is 11.7 Å². The summed E-state index contributed by atoms with van der Waals surface area (Å²) in [6.07, 6.45) is 0.999. The fourth-order valence-electron chi connectivity index (χ4n) is 3.38. The highest BCUT2D eigenvalue weighted by atomic mass is 35.5. The Balaban J connectivity index is 0.00000182. The van der Waals surface area contributed by atoms with Crippen LogP contribution in [-0.2, 0) is 9.84 Å². The molecule has 0 saturated carbocycles. The van der Waals surface area contributed by atoms with Crippen molar-refractivity contribution in [1.82, 2.24) is 5.32 Å². The summed E-state index contributed by atoms with van der Waals surface area (Å²) >= 11 is 5.78. The highest BCUT2D eigenvalue weighted by Crippen LogP contribution is 2.42. The average molecular weight is 404 g/mol. The van der Waals surface area contributed by atoms with E-state index < -0.39 is 15.7 Å². The normalized spacial score (nSPS) is 21.7. The van der Waals surface area contributed by atoms with Gasteiger partial charge in [0.05, 0.1) is 9.79 Å². The molecule has 1 N–H and O–H groups in total. The zero-order valence-corrected chi connectivity index (χ0v) is 15.4. The Kier molecular flexibility index (Phi) is 4.99. The van der Waals surface area contributed by atoms with E-state index in [1.165, 1.54) is 12.1 Å². The summed E-state index contributed by atoms with van der Waals surface area (Å²) in [6, 6.07) is 8.18. The number of halogens is 3. The van der Waals surface area contributed by atoms with Crippen molar-refractivity contribution in [2.24, 2.45) is 0 Å². The van der Waals surface area contributed by atoms with Gasteiger partial charge in [0.15, 0.2) is 0 Å². The average Bonchev–Trinajstić information content (AvgIpc) is 2.91. The van der Waals surface area contributed by atoms with E-state index >= 15 is 0 Å². The third-order valence-corrected chi connectivity index (χ3v) is 6.49. The Hall–Kier alpha value is -1.34. The van der Waals surface area contributed by atoms with Gasteiger partial charge in [-0.05, 0) is 43.3 Å². The number of hydrogen-bond acceptors (Lipinski definition) is 4. The molecule has 2 aliphatic rings. The van der Waals surface area contributed by atoms with Crippen molar-refractivity contribution in [2.75, 3.05) is 13.1 Å². The van der Waals surface area contributed by atoms with Crippen molar-refractivity contribution in [3.8, 4) is 5.75 Å². The van der Waals surface area contributed by atoms with Gasteiger partial charge < -0.3 is 10.1 Å². The van der Waals surface area contributed by atoms with Crippen molar-refractivity contribution in [2.45, 2.75) is 28.2 Å². The van der Waals surface area contributed by atoms with Gasteiger partial charge in [-0.2, -0.15) is 0 Å². The van der Waals surface area contributed by atoms with Crippen molar-refractivity contribution in [3.63, 3.8) is 0 Å². The number of hydrogen-bond donors (Lipinski definition) is 1. The van der Waals surface area contributed by atoms with E-state index in [2.05, 4.69) is 5.32 Å². The molecule has 0 radical (unpaired) electrons. The zero-order chi connectivity index (χ0) is 16.9. The second kappa shape index (κ2) is 6.76. The summed E-state index contributed by atoms with van der Waals surface area (Å²) in [5.74, 6) is 0.203. The lowest BCUT2D eigenvalue weighted by Gasteiger charge is -2.24. The van der Waals surface area contributed by atoms with Crippen molar-refractivity contribution in [3.05, 3.63) is 52.8 Å². The first-order chi connectivity index (χ1) is 11.4. The molecular formula is C17H16Cl2FNO3S. The lowest BCUT2D eigenvalue weighted by Crippen LogP contribution is -2.39. The predicted molar refractivity (Wildman–Crippen MR) is 95.2 cm³/mol. The summed E-state index contributed by atoms with van der Waals surface area (Å²) in [5.41, 5.74) is 1.04. The molecule has 4 rings (SSSR count). The molecule has 0 bridgehead atoms. The van der Waals surface area contributed by atoms with Crippen molar-refractivity contribution >= 4 is 33.8 Å². The number of sulfone groups is 1. The predicted octanol–water partition coefficient (Wildman–Crippen LogP) is 3.57. The van der Waals surface area contributed by atoms with E-state index in [0.717, 1.165) is 37.2 Å². The Morgan fingerprint density at radius 2 is 1.96 bits per heavy atom. The molecule has 4 nitrogen and oxygen atoms in total. The maximum Gasteiger partial charge on any atom is 0.206 e. The van der Waals surface area contributed by atoms with Gasteiger partial charge in [-0.1, -0.05) is 17.7 Å². The Bertz CT molecular complexity index is 900. The summed E-state index contributed by atoms with van der Waals surface area (Å²) in [7, 11) is -3.86. The van der Waals surface area contributed by atoms with E-state index in [9.17, 15) is 12.8 Å². The maximum absolute atomic E-state index is 13.5. The van der Waals surface area contributed by atoms with Gasteiger partial charge >= 0.3 is 0 Å². The van der Waals surface area contributed by atoms with E-state index in [4.69, 9.17) is 16.3 Å². The fraction of sp³-hybridized carbons (Fsp3) is 0.294. The molecule has 2 aromatic rings. The maximum atomic E-state index is 13.5. The molecule has 0 amide bonds. The van der Waals surface area contributed by atoms with Crippen molar-refractivity contribution < 1.29 is 17.5 Å². The number of rotatable bonds is 2. The van der Waals surface area contributed by atoms with Crippen LogP contribution in [0.3, 0.4) is 0 Å². The lowest BCUT2D eigenvalue weighted by molar-refractivity contribution is 0.176. The third kappa shape index (κ3) is 3.24. The highest BCUT2D eigenvalue weighted by Gasteiger charge is 2.36. The first-order valence-corrected chi connectivity index (χ1v) is 9.54. The fourth-order valence-corrected chi connectivity index (χ4v) is 5.00. The van der Waals surface area contributed by atoms with Gasteiger partial charge in [-0.25, -0.2) is 12.8 Å². The summed E-state index contributed by atoms with van der Waals surface area (Å²) in [4.78, 5) is -0.0842. The zero-order valence-electron chi connectivity index (χ0n) is 13.0. The number of nitrogens with one attached hydrogen (secondary N) is 1. The van der Waals surface area contributed by atoms with Crippen LogP contribution in [0.15, 0.2) is 46.2 Å². The molecule has 2 aliphatic heterocycles. The number of piperidine rings is 1. The van der Waals surface area contributed by atoms with Crippen LogP contribution in [0, 0.1) is 5.82 Å². The van der Waals surface area contributed by atoms with Gasteiger partial charge in [0.1, 0.15) is 17.7 Å². The van der Waals surface area contributed by atoms with Gasteiger partial charge in [0, 0.05) is 23.0 Å². The van der Waals surface area contributed by atoms with Gasteiger partial charge in [0.2, 0.25) is 9.84 Å². The summed E-state index contributed by atoms with van der Waals surface area (Å²) in [6.45, 7) is 1.67. The molecule has 0 spiro atoms. The minimum absolute atomic E-state index is 0. The van der Waals surface area contributed by atoms with Gasteiger partial charge in [0.25, 0.3) is 0 Å². The molecule has 1 fully saturated rings. The molecule has 134 valence electrons. The molecule has 2 atom stereocenters. The minimum atomic E-state index is -3.86. The van der Waals surface area contributed by atoms with Crippen LogP contribution in [0.2, 0.25) is 5.02 Å². The SMILES string of the molecule is Cl.O=S(=O)(c1cc(F)cc(Cl)c1)c1ccc2c(c1)O[C@H]1CNCC[C@@H]21. The largest absolute Gasteiger partial charge is 0.488 e. The topological polar surface area (TPSA) is 55.4 Å². The van der Waals surface area contributed by atoms with Gasteiger partial charge in [-0.15, -0.1) is 12.4 Å². The lowest BCUT2D eigenvalue weighted by atomic mass is 9.90. The number of ether oxygens (including phenoxy) is 1. The molecule has 2 heterocycles. The molecule has 8 heteroatoms. The molecule has 1 saturated heterocycles. The van der Waals surface area contributed by atoms with Crippen LogP contribution in [0.25, 0.3) is 0 Å². The second-order valence-corrected chi connectivity index (χ2v) is 8.45. The van der Waals surface area contributed by atoms with Crippen LogP contribution in [0.1, 0.15) is 17.9 Å². The number of benzene rings is 2. The van der Waals surface area contributed by atoms with Gasteiger partial charge in [-0.3, -0.25) is 0 Å². The van der Waals surface area contributed by atoms with E-state index in [1.807, 2.05) is 0 Å². The molecule has 0 aliphatic carbocycles. The van der Waals surface area contributed by atoms with Crippen LogP contribution in [-0.4, -0.2) is 27.6 Å². The quantitative estimate of drug-likeness (QED) is 0.832. The minimum Gasteiger partial charge on any atom is -0.488 e. The summed E-state index contributed by atoms with van der Waals surface area (Å²) in [5, 5.41) is 3.32. The molecule has 25 heavy (non-hydrogen) atoms. The second-order valence-electron chi connectivity index (χ2n) is 6.06. The van der Waals surface area contributed by atoms with Crippen LogP contribution in [0.4, 0.5) is 4.39 Å². The first-order valence-electron chi connectivity index (χ1n) is 7.68. The van der Waals surface area contributed by atoms with E-state index in [1.54, 1.807) is 12.1 Å². The van der Waals surface area contributed by atoms with Crippen molar-refractivity contribution in [1.29, 1.82) is 0 Å². The molecule has 2 aromatic carbocycles. The Labute approximate surface area is 156 Å². The third-order valence-electron chi connectivity index (χ3n) is 4.55. The Morgan fingerprint density at radius 1 is 1.16 bits per heavy atom. The van der Waals surface area contributed by atoms with Crippen LogP contribution >= 0.6 is 24.0 Å². The van der Waals surface area contributed by atoms with E-state index in [-0.39, 0.29) is 33.3 Å². The smallest absolute Gasteiger partial charge is 0.206 e. The summed E-state index contributed by atoms with van der Waals surface area (Å²) < 4.78 is 44.9. The molecular weight excluding hydrogens is 388 g/mol. The first kappa shape index (κ1) is 18.5. The monoisotopic (exact) mass is 403 g/mol. The van der Waals surface area contributed by atoms with Crippen LogP contribution < -0.4 is 10.1 Å². The number of fused-ring (bicyclic) bond motifs is 3. The Morgan fingerprint density at radius 3 is 2.72 bits per heavy atom. The molecule has 0 unspecified atom stereocenters. The standard InChI is InChI=1S/C17H15ClFNO3S.ClH/c18-10-5-11(19)7-13(6-10)24(21,22)12-1-2-14-15-3-4-20-9-17(15)23-16(14)8-12;/h1-2,5-8,15,17,20H,3-4,9H2;1H/t15-,17-;/m0./s1. The highest BCUT2D eigenvalue weighted by molar-refractivity contribution is 7.91. The molecule has 0 aromatic heterocycles. The van der Waals surface area contributed by atoms with Crippen LogP contribution in [0.5, 0.6) is 5.75 Å².